The van der Waals surface area contributed by atoms with Gasteiger partial charge in [-0.25, -0.2) is 4.74 Å². The molecule has 15 heavy (non-hydrogen) atoms. The normalized spacial score (nSPS) is 22.8. The molecule has 1 atom stereocenters. The van der Waals surface area contributed by atoms with Crippen LogP contribution in [0.15, 0.2) is 23.8 Å². The van der Waals surface area contributed by atoms with Gasteiger partial charge in [0.05, 0.1) is 0 Å². The van der Waals surface area contributed by atoms with Crippen molar-refractivity contribution in [3.8, 4) is 0 Å². The predicted octanol–water partition coefficient (Wildman–Crippen LogP) is 3.28. The van der Waals surface area contributed by atoms with Crippen molar-refractivity contribution in [1.82, 2.24) is 0 Å². The Balaban J connectivity index is 2.61. The van der Waals surface area contributed by atoms with Gasteiger partial charge in [0, 0.05) is 5.57 Å². The Hall–Kier alpha value is -1.05. The Morgan fingerprint density at radius 1 is 1.67 bits per heavy atom. The molecule has 0 aromatic carbocycles. The minimum atomic E-state index is 0.0322. The van der Waals surface area contributed by atoms with Crippen molar-refractivity contribution in [3.63, 3.8) is 0 Å². The van der Waals surface area contributed by atoms with Gasteiger partial charge in [0.15, 0.2) is 12.3 Å². The monoisotopic (exact) mass is 207 g/mol. The molecule has 0 heterocycles. The molecule has 0 saturated heterocycles. The number of hydroxylamine groups is 1. The molecule has 0 saturated carbocycles. The summed E-state index contributed by atoms with van der Waals surface area (Å²) in [6, 6.07) is 0.0322. The highest BCUT2D eigenvalue weighted by Crippen LogP contribution is 2.27. The quantitative estimate of drug-likeness (QED) is 0.229. The average molecular weight is 207 g/mol. The first-order valence-corrected chi connectivity index (χ1v) is 5.65. The van der Waals surface area contributed by atoms with Crippen molar-refractivity contribution in [2.24, 2.45) is 5.92 Å². The molecule has 1 aliphatic carbocycles. The van der Waals surface area contributed by atoms with E-state index in [9.17, 15) is 5.21 Å². The van der Waals surface area contributed by atoms with Crippen LogP contribution >= 0.6 is 0 Å². The molecule has 0 amide bonds. The lowest BCUT2D eigenvalue weighted by molar-refractivity contribution is -0.487. The second-order valence-corrected chi connectivity index (χ2v) is 4.68. The van der Waals surface area contributed by atoms with Crippen LogP contribution in [0, 0.1) is 11.1 Å². The van der Waals surface area contributed by atoms with Crippen LogP contribution in [0.4, 0.5) is 0 Å². The minimum absolute atomic E-state index is 0.0322. The smallest absolute Gasteiger partial charge is 0.177 e. The summed E-state index contributed by atoms with van der Waals surface area (Å²) in [7, 11) is 0. The molecule has 2 nitrogen and oxygen atoms in total. The van der Waals surface area contributed by atoms with Gasteiger partial charge < -0.3 is 5.21 Å². The number of hydrogen-bond donors (Lipinski definition) is 0. The fraction of sp³-hybridized carbons (Fsp3) is 0.615. The van der Waals surface area contributed by atoms with Gasteiger partial charge in [0.1, 0.15) is 0 Å². The molecule has 0 spiro atoms. The van der Waals surface area contributed by atoms with Gasteiger partial charge in [-0.1, -0.05) is 18.2 Å². The maximum atomic E-state index is 11.4. The average Bonchev–Trinajstić information content (AvgIpc) is 2.18. The zero-order valence-corrected chi connectivity index (χ0v) is 9.99. The molecule has 0 fully saturated rings. The van der Waals surface area contributed by atoms with E-state index in [1.165, 1.54) is 11.1 Å². The molecular weight excluding hydrogens is 186 g/mol. The van der Waals surface area contributed by atoms with Crippen LogP contribution < -0.4 is 0 Å². The maximum Gasteiger partial charge on any atom is 0.177 e. The summed E-state index contributed by atoms with van der Waals surface area (Å²) in [4.78, 5) is 0. The highest BCUT2D eigenvalue weighted by atomic mass is 16.5. The molecule has 1 unspecified atom stereocenters. The van der Waals surface area contributed by atoms with Crippen LogP contribution in [0.5, 0.6) is 0 Å². The molecule has 1 aliphatic rings. The zero-order chi connectivity index (χ0) is 11.4. The lowest BCUT2D eigenvalue weighted by Crippen LogP contribution is -2.17. The van der Waals surface area contributed by atoms with Gasteiger partial charge >= 0.3 is 0 Å². The Bertz CT molecular complexity index is 300. The highest BCUT2D eigenvalue weighted by molar-refractivity contribution is 5.74. The molecule has 2 heteroatoms. The minimum Gasteiger partial charge on any atom is -0.624 e. The summed E-state index contributed by atoms with van der Waals surface area (Å²) in [6.45, 7) is 9.88. The van der Waals surface area contributed by atoms with Crippen molar-refractivity contribution in [2.75, 3.05) is 0 Å². The van der Waals surface area contributed by atoms with E-state index in [1.807, 2.05) is 13.8 Å². The highest BCUT2D eigenvalue weighted by Gasteiger charge is 2.15. The Morgan fingerprint density at radius 3 is 2.73 bits per heavy atom. The fourth-order valence-electron chi connectivity index (χ4n) is 1.73. The molecule has 0 radical (unpaired) electrons. The van der Waals surface area contributed by atoms with Gasteiger partial charge in [-0.2, -0.15) is 0 Å². The summed E-state index contributed by atoms with van der Waals surface area (Å²) in [5, 5.41) is 11.4. The first-order valence-electron chi connectivity index (χ1n) is 5.65. The van der Waals surface area contributed by atoms with Crippen molar-refractivity contribution >= 4 is 6.21 Å². The maximum absolute atomic E-state index is 11.4. The van der Waals surface area contributed by atoms with E-state index >= 15 is 0 Å². The number of hydrogen-bond acceptors (Lipinski definition) is 1. The molecular formula is C13H21NO. The van der Waals surface area contributed by atoms with Gasteiger partial charge in [0.25, 0.3) is 0 Å². The van der Waals surface area contributed by atoms with Crippen molar-refractivity contribution in [1.29, 1.82) is 0 Å². The van der Waals surface area contributed by atoms with E-state index in [1.54, 1.807) is 6.21 Å². The molecule has 0 aromatic rings. The third-order valence-corrected chi connectivity index (χ3v) is 2.94. The summed E-state index contributed by atoms with van der Waals surface area (Å²) < 4.78 is 1.03. The molecule has 1 rings (SSSR count). The third kappa shape index (κ3) is 3.54. The van der Waals surface area contributed by atoms with E-state index < -0.39 is 0 Å². The van der Waals surface area contributed by atoms with Gasteiger partial charge in [-0.05, 0) is 46.0 Å². The third-order valence-electron chi connectivity index (χ3n) is 2.94. The predicted molar refractivity (Wildman–Crippen MR) is 65.1 cm³/mol. The standard InChI is InChI=1S/C13H21NO/c1-10(2)13-7-5-12(6-8-13)9-14(15)11(3)4/h5,9,11,13H,1,6-8H2,2-4H3. The van der Waals surface area contributed by atoms with Gasteiger partial charge in [-0.3, -0.25) is 0 Å². The zero-order valence-electron chi connectivity index (χ0n) is 9.99. The molecule has 0 aliphatic heterocycles. The van der Waals surface area contributed by atoms with Crippen LogP contribution in [0.25, 0.3) is 0 Å². The van der Waals surface area contributed by atoms with Crippen molar-refractivity contribution in [3.05, 3.63) is 29.0 Å². The van der Waals surface area contributed by atoms with E-state index in [0.29, 0.717) is 5.92 Å². The van der Waals surface area contributed by atoms with Crippen LogP contribution in [-0.4, -0.2) is 17.0 Å². The largest absolute Gasteiger partial charge is 0.624 e. The summed E-state index contributed by atoms with van der Waals surface area (Å²) in [6.07, 6.45) is 7.08. The molecule has 0 aromatic heterocycles. The number of allylic oxidation sites excluding steroid dienone is 3. The van der Waals surface area contributed by atoms with E-state index in [0.717, 1.165) is 24.0 Å². The van der Waals surface area contributed by atoms with Gasteiger partial charge in [0.2, 0.25) is 0 Å². The first kappa shape index (κ1) is 12.0. The second kappa shape index (κ2) is 5.15. The van der Waals surface area contributed by atoms with Gasteiger partial charge in [-0.15, -0.1) is 0 Å². The van der Waals surface area contributed by atoms with Crippen LogP contribution in [0.3, 0.4) is 0 Å². The van der Waals surface area contributed by atoms with Crippen LogP contribution in [0.1, 0.15) is 40.0 Å². The van der Waals surface area contributed by atoms with Crippen molar-refractivity contribution < 1.29 is 4.74 Å². The number of rotatable bonds is 3. The fourth-order valence-corrected chi connectivity index (χ4v) is 1.73. The lowest BCUT2D eigenvalue weighted by atomic mass is 9.86. The summed E-state index contributed by atoms with van der Waals surface area (Å²) >= 11 is 0. The SMILES string of the molecule is C=C(C)C1CC=C(C=[N+]([O-])C(C)C)CC1. The lowest BCUT2D eigenvalue weighted by Gasteiger charge is -2.20. The van der Waals surface area contributed by atoms with Crippen LogP contribution in [-0.2, 0) is 0 Å². The van der Waals surface area contributed by atoms with E-state index in [-0.39, 0.29) is 6.04 Å². The van der Waals surface area contributed by atoms with Crippen molar-refractivity contribution in [2.45, 2.75) is 46.1 Å². The molecule has 0 bridgehead atoms. The molecule has 0 N–H and O–H groups in total. The van der Waals surface area contributed by atoms with E-state index in [2.05, 4.69) is 19.6 Å². The summed E-state index contributed by atoms with van der Waals surface area (Å²) in [5.74, 6) is 0.612. The first-order chi connectivity index (χ1) is 7.00. The number of nitrogens with zero attached hydrogens (tertiary/aromatic N) is 1. The second-order valence-electron chi connectivity index (χ2n) is 4.68. The van der Waals surface area contributed by atoms with E-state index in [4.69, 9.17) is 0 Å². The molecule has 84 valence electrons. The van der Waals surface area contributed by atoms with Crippen LogP contribution in [0.2, 0.25) is 0 Å². The Kier molecular flexibility index (Phi) is 4.13. The Labute approximate surface area is 92.6 Å². The topological polar surface area (TPSA) is 26.1 Å². The summed E-state index contributed by atoms with van der Waals surface area (Å²) in [5.41, 5.74) is 2.43. The Morgan fingerprint density at radius 2 is 2.33 bits per heavy atom.